The fourth-order valence-corrected chi connectivity index (χ4v) is 2.60. The maximum Gasteiger partial charge on any atom is 0.258 e. The molecule has 0 saturated heterocycles. The first kappa shape index (κ1) is 16.1. The molecule has 0 aliphatic rings. The van der Waals surface area contributed by atoms with Crippen LogP contribution in [0.3, 0.4) is 0 Å². The summed E-state index contributed by atoms with van der Waals surface area (Å²) in [6.07, 6.45) is 1.01. The number of carbonyl (C=O) groups excluding carboxylic acids is 1. The monoisotopic (exact) mass is 344 g/mol. The Bertz CT molecular complexity index is 796. The number of aromatic nitrogens is 1. The van der Waals surface area contributed by atoms with Gasteiger partial charge in [-0.1, -0.05) is 6.07 Å². The van der Waals surface area contributed by atoms with Crippen LogP contribution in [0.15, 0.2) is 52.4 Å². The minimum Gasteiger partial charge on any atom is -0.484 e. The number of rotatable bonds is 7. The summed E-state index contributed by atoms with van der Waals surface area (Å²) < 4.78 is 16.7. The largest absolute Gasteiger partial charge is 0.484 e. The van der Waals surface area contributed by atoms with Crippen molar-refractivity contribution in [3.63, 3.8) is 0 Å². The standard InChI is InChI=1S/C17H16N2O4S/c1-11(17(18)20)22-13-6-4-12(5-7-13)21-10-16-19-9-14(23-16)15-3-2-8-24-15/h2-9,11H,10H2,1H3,(H2,18,20)/t11-/m1/s1. The van der Waals surface area contributed by atoms with Crippen LogP contribution in [-0.4, -0.2) is 17.0 Å². The van der Waals surface area contributed by atoms with Crippen molar-refractivity contribution in [2.75, 3.05) is 0 Å². The third kappa shape index (κ3) is 3.94. The van der Waals surface area contributed by atoms with Gasteiger partial charge in [0.15, 0.2) is 18.5 Å². The van der Waals surface area contributed by atoms with Crippen molar-refractivity contribution in [3.8, 4) is 22.1 Å². The molecule has 7 heteroatoms. The summed E-state index contributed by atoms with van der Waals surface area (Å²) in [5.41, 5.74) is 5.16. The number of benzene rings is 1. The van der Waals surface area contributed by atoms with E-state index in [2.05, 4.69) is 4.98 Å². The fourth-order valence-electron chi connectivity index (χ4n) is 1.93. The zero-order chi connectivity index (χ0) is 16.9. The number of hydrogen-bond acceptors (Lipinski definition) is 6. The minimum absolute atomic E-state index is 0.225. The number of oxazole rings is 1. The Morgan fingerprint density at radius 1 is 1.29 bits per heavy atom. The quantitative estimate of drug-likeness (QED) is 0.711. The number of thiophene rings is 1. The molecule has 0 saturated carbocycles. The zero-order valence-electron chi connectivity index (χ0n) is 13.0. The van der Waals surface area contributed by atoms with Gasteiger partial charge in [0.2, 0.25) is 5.89 Å². The van der Waals surface area contributed by atoms with E-state index in [0.29, 0.717) is 17.4 Å². The van der Waals surface area contributed by atoms with Crippen LogP contribution in [0.1, 0.15) is 12.8 Å². The second-order valence-corrected chi connectivity index (χ2v) is 5.97. The van der Waals surface area contributed by atoms with E-state index in [1.165, 1.54) is 0 Å². The van der Waals surface area contributed by atoms with Gasteiger partial charge in [0.25, 0.3) is 5.91 Å². The smallest absolute Gasteiger partial charge is 0.258 e. The second-order valence-electron chi connectivity index (χ2n) is 5.02. The first-order valence-corrected chi connectivity index (χ1v) is 8.17. The van der Waals surface area contributed by atoms with E-state index in [1.807, 2.05) is 17.5 Å². The molecular formula is C17H16N2O4S. The van der Waals surface area contributed by atoms with E-state index in [9.17, 15) is 4.79 Å². The summed E-state index contributed by atoms with van der Waals surface area (Å²) >= 11 is 1.59. The van der Waals surface area contributed by atoms with Gasteiger partial charge < -0.3 is 19.6 Å². The Morgan fingerprint density at radius 2 is 2.04 bits per heavy atom. The van der Waals surface area contributed by atoms with Crippen LogP contribution in [0, 0.1) is 0 Å². The lowest BCUT2D eigenvalue weighted by atomic mass is 10.3. The molecule has 2 N–H and O–H groups in total. The summed E-state index contributed by atoms with van der Waals surface area (Å²) in [6, 6.07) is 10.8. The Balaban J connectivity index is 1.56. The SMILES string of the molecule is C[C@@H](Oc1ccc(OCc2ncc(-c3cccs3)o2)cc1)C(N)=O. The molecule has 1 amide bonds. The van der Waals surface area contributed by atoms with E-state index in [1.54, 1.807) is 48.7 Å². The first-order chi connectivity index (χ1) is 11.6. The van der Waals surface area contributed by atoms with Gasteiger partial charge in [-0.15, -0.1) is 11.3 Å². The summed E-state index contributed by atoms with van der Waals surface area (Å²) in [5.74, 6) is 1.91. The van der Waals surface area contributed by atoms with E-state index < -0.39 is 12.0 Å². The van der Waals surface area contributed by atoms with Gasteiger partial charge in [0, 0.05) is 0 Å². The van der Waals surface area contributed by atoms with Crippen LogP contribution < -0.4 is 15.2 Å². The number of hydrogen-bond donors (Lipinski definition) is 1. The molecule has 3 aromatic rings. The van der Waals surface area contributed by atoms with Crippen molar-refractivity contribution in [3.05, 3.63) is 53.9 Å². The van der Waals surface area contributed by atoms with Gasteiger partial charge >= 0.3 is 0 Å². The Morgan fingerprint density at radius 3 is 2.71 bits per heavy atom. The van der Waals surface area contributed by atoms with Crippen LogP contribution >= 0.6 is 11.3 Å². The maximum absolute atomic E-state index is 11.0. The van der Waals surface area contributed by atoms with Crippen molar-refractivity contribution in [2.45, 2.75) is 19.6 Å². The lowest BCUT2D eigenvalue weighted by Gasteiger charge is -2.11. The second kappa shape index (κ2) is 7.18. The molecule has 2 aromatic heterocycles. The first-order valence-electron chi connectivity index (χ1n) is 7.29. The van der Waals surface area contributed by atoms with E-state index >= 15 is 0 Å². The third-order valence-electron chi connectivity index (χ3n) is 3.22. The van der Waals surface area contributed by atoms with Crippen LogP contribution in [0.4, 0.5) is 0 Å². The predicted molar refractivity (Wildman–Crippen MR) is 89.9 cm³/mol. The van der Waals surface area contributed by atoms with Crippen LogP contribution in [0.25, 0.3) is 10.6 Å². The van der Waals surface area contributed by atoms with E-state index in [-0.39, 0.29) is 6.61 Å². The normalized spacial score (nSPS) is 11.9. The van der Waals surface area contributed by atoms with Crippen molar-refractivity contribution in [1.82, 2.24) is 4.98 Å². The maximum atomic E-state index is 11.0. The Labute approximate surface area is 142 Å². The van der Waals surface area contributed by atoms with Crippen molar-refractivity contribution >= 4 is 17.2 Å². The molecule has 0 bridgehead atoms. The van der Waals surface area contributed by atoms with Gasteiger partial charge in [-0.05, 0) is 42.6 Å². The third-order valence-corrected chi connectivity index (χ3v) is 4.10. The highest BCUT2D eigenvalue weighted by atomic mass is 32.1. The molecule has 24 heavy (non-hydrogen) atoms. The van der Waals surface area contributed by atoms with E-state index in [4.69, 9.17) is 19.6 Å². The van der Waals surface area contributed by atoms with Gasteiger partial charge in [-0.25, -0.2) is 4.98 Å². The molecule has 1 aromatic carbocycles. The number of nitrogens with two attached hydrogens (primary N) is 1. The lowest BCUT2D eigenvalue weighted by Crippen LogP contribution is -2.30. The van der Waals surface area contributed by atoms with Crippen LogP contribution in [-0.2, 0) is 11.4 Å². The molecular weight excluding hydrogens is 328 g/mol. The molecule has 0 fully saturated rings. The highest BCUT2D eigenvalue weighted by Gasteiger charge is 2.10. The average Bonchev–Trinajstić information content (AvgIpc) is 3.25. The predicted octanol–water partition coefficient (Wildman–Crippen LogP) is 3.23. The highest BCUT2D eigenvalue weighted by molar-refractivity contribution is 7.13. The molecule has 1 atom stereocenters. The average molecular weight is 344 g/mol. The van der Waals surface area contributed by atoms with Gasteiger partial charge in [0.05, 0.1) is 11.1 Å². The molecule has 2 heterocycles. The Hall–Kier alpha value is -2.80. The number of ether oxygens (including phenoxy) is 2. The fraction of sp³-hybridized carbons (Fsp3) is 0.176. The number of amides is 1. The summed E-state index contributed by atoms with van der Waals surface area (Å²) in [5, 5.41) is 1.98. The molecule has 0 radical (unpaired) electrons. The van der Waals surface area contributed by atoms with Gasteiger partial charge in [-0.3, -0.25) is 4.79 Å². The summed E-state index contributed by atoms with van der Waals surface area (Å²) in [6.45, 7) is 1.82. The highest BCUT2D eigenvalue weighted by Crippen LogP contribution is 2.26. The molecule has 0 aliphatic carbocycles. The van der Waals surface area contributed by atoms with E-state index in [0.717, 1.165) is 10.6 Å². The van der Waals surface area contributed by atoms with Crippen molar-refractivity contribution in [2.24, 2.45) is 5.73 Å². The summed E-state index contributed by atoms with van der Waals surface area (Å²) in [7, 11) is 0. The Kier molecular flexibility index (Phi) is 4.81. The number of primary amides is 1. The molecule has 0 aliphatic heterocycles. The molecule has 3 rings (SSSR count). The van der Waals surface area contributed by atoms with Gasteiger partial charge in [0.1, 0.15) is 11.5 Å². The van der Waals surface area contributed by atoms with Gasteiger partial charge in [-0.2, -0.15) is 0 Å². The zero-order valence-corrected chi connectivity index (χ0v) is 13.8. The topological polar surface area (TPSA) is 87.6 Å². The molecule has 0 spiro atoms. The summed E-state index contributed by atoms with van der Waals surface area (Å²) in [4.78, 5) is 16.2. The number of carbonyl (C=O) groups is 1. The van der Waals surface area contributed by atoms with Crippen molar-refractivity contribution < 1.29 is 18.7 Å². The van der Waals surface area contributed by atoms with Crippen LogP contribution in [0.5, 0.6) is 11.5 Å². The molecule has 0 unspecified atom stereocenters. The number of nitrogens with zero attached hydrogens (tertiary/aromatic N) is 1. The van der Waals surface area contributed by atoms with Crippen molar-refractivity contribution in [1.29, 1.82) is 0 Å². The molecule has 124 valence electrons. The van der Waals surface area contributed by atoms with Crippen LogP contribution in [0.2, 0.25) is 0 Å². The molecule has 6 nitrogen and oxygen atoms in total. The lowest BCUT2D eigenvalue weighted by molar-refractivity contribution is -0.123. The minimum atomic E-state index is -0.681.